The van der Waals surface area contributed by atoms with Crippen molar-refractivity contribution in [3.63, 3.8) is 0 Å². The lowest BCUT2D eigenvalue weighted by Gasteiger charge is -2.17. The minimum atomic E-state index is -0.466. The van der Waals surface area contributed by atoms with E-state index in [0.717, 1.165) is 0 Å². The second-order valence-corrected chi connectivity index (χ2v) is 7.80. The first-order chi connectivity index (χ1) is 15.3. The third-order valence-electron chi connectivity index (χ3n) is 4.25. The molecule has 0 fully saturated rings. The van der Waals surface area contributed by atoms with Crippen molar-refractivity contribution in [2.75, 3.05) is 30.0 Å². The van der Waals surface area contributed by atoms with Gasteiger partial charge in [0.15, 0.2) is 5.16 Å². The number of aromatic nitrogens is 3. The number of benzene rings is 2. The predicted molar refractivity (Wildman–Crippen MR) is 119 cm³/mol. The second kappa shape index (κ2) is 10.5. The minimum Gasteiger partial charge on any atom is -0.332 e. The van der Waals surface area contributed by atoms with Gasteiger partial charge in [0.25, 0.3) is 5.91 Å². The quantitative estimate of drug-likeness (QED) is 0.504. The molecule has 166 valence electrons. The number of likely N-dealkylation sites (N-methyl/N-ethyl adjacent to an activating group) is 1. The maximum atomic E-state index is 13.2. The third-order valence-corrected chi connectivity index (χ3v) is 5.29. The highest BCUT2D eigenvalue weighted by Gasteiger charge is 2.16. The number of anilines is 2. The summed E-state index contributed by atoms with van der Waals surface area (Å²) < 4.78 is 14.9. The number of nitrogens with zero attached hydrogens (tertiary/aromatic N) is 4. The van der Waals surface area contributed by atoms with Crippen molar-refractivity contribution in [3.8, 4) is 0 Å². The summed E-state index contributed by atoms with van der Waals surface area (Å²) in [5.41, 5.74) is 1.21. The molecule has 1 heterocycles. The van der Waals surface area contributed by atoms with Gasteiger partial charge in [-0.05, 0) is 42.5 Å². The van der Waals surface area contributed by atoms with Gasteiger partial charge in [-0.3, -0.25) is 14.4 Å². The number of thioether (sulfide) groups is 1. The van der Waals surface area contributed by atoms with Crippen LogP contribution in [0.2, 0.25) is 0 Å². The van der Waals surface area contributed by atoms with E-state index in [1.807, 2.05) is 0 Å². The molecule has 3 aromatic rings. The summed E-state index contributed by atoms with van der Waals surface area (Å²) in [6.45, 7) is -0.201. The fraction of sp³-hybridized carbons (Fsp3) is 0.190. The summed E-state index contributed by atoms with van der Waals surface area (Å²) in [7, 11) is 3.28. The average Bonchev–Trinajstić information content (AvgIpc) is 3.17. The SMILES string of the molecule is CN(CC(=O)Nc1cccc(F)c1)C(=O)c1ccc(NC(=O)CSc2nncn2C)cc1. The molecule has 3 amide bonds. The minimum absolute atomic E-state index is 0.163. The van der Waals surface area contributed by atoms with Gasteiger partial charge in [0, 0.05) is 31.0 Å². The van der Waals surface area contributed by atoms with Crippen LogP contribution in [0.25, 0.3) is 0 Å². The van der Waals surface area contributed by atoms with Crippen LogP contribution >= 0.6 is 11.8 Å². The van der Waals surface area contributed by atoms with Crippen LogP contribution in [0.1, 0.15) is 10.4 Å². The molecule has 9 nitrogen and oxygen atoms in total. The van der Waals surface area contributed by atoms with Gasteiger partial charge in [0.05, 0.1) is 12.3 Å². The number of amides is 3. The van der Waals surface area contributed by atoms with E-state index in [4.69, 9.17) is 0 Å². The maximum absolute atomic E-state index is 13.2. The highest BCUT2D eigenvalue weighted by molar-refractivity contribution is 7.99. The Morgan fingerprint density at radius 2 is 1.78 bits per heavy atom. The van der Waals surface area contributed by atoms with Crippen LogP contribution in [-0.2, 0) is 16.6 Å². The molecule has 0 atom stereocenters. The van der Waals surface area contributed by atoms with Gasteiger partial charge >= 0.3 is 0 Å². The molecule has 0 saturated carbocycles. The summed E-state index contributed by atoms with van der Waals surface area (Å²) >= 11 is 1.26. The highest BCUT2D eigenvalue weighted by atomic mass is 32.2. The molecule has 11 heteroatoms. The Kier molecular flexibility index (Phi) is 7.55. The van der Waals surface area contributed by atoms with Crippen molar-refractivity contribution in [2.45, 2.75) is 5.16 Å². The van der Waals surface area contributed by atoms with Gasteiger partial charge in [-0.1, -0.05) is 17.8 Å². The van der Waals surface area contributed by atoms with Crippen LogP contribution in [-0.4, -0.2) is 56.7 Å². The van der Waals surface area contributed by atoms with Crippen LogP contribution in [0, 0.1) is 5.82 Å². The number of aryl methyl sites for hydroxylation is 1. The monoisotopic (exact) mass is 456 g/mol. The van der Waals surface area contributed by atoms with Crippen LogP contribution in [0.3, 0.4) is 0 Å². The van der Waals surface area contributed by atoms with Crippen LogP contribution in [0.4, 0.5) is 15.8 Å². The zero-order valence-corrected chi connectivity index (χ0v) is 18.2. The van der Waals surface area contributed by atoms with E-state index >= 15 is 0 Å². The van der Waals surface area contributed by atoms with Gasteiger partial charge < -0.3 is 20.1 Å². The summed E-state index contributed by atoms with van der Waals surface area (Å²) in [6.07, 6.45) is 1.55. The fourth-order valence-electron chi connectivity index (χ4n) is 2.70. The lowest BCUT2D eigenvalue weighted by atomic mass is 10.2. The first-order valence-corrected chi connectivity index (χ1v) is 10.5. The Labute approximate surface area is 188 Å². The molecule has 0 bridgehead atoms. The highest BCUT2D eigenvalue weighted by Crippen LogP contribution is 2.16. The molecule has 32 heavy (non-hydrogen) atoms. The number of halogens is 1. The molecule has 0 unspecified atom stereocenters. The molecular weight excluding hydrogens is 435 g/mol. The zero-order valence-electron chi connectivity index (χ0n) is 17.4. The molecule has 0 aliphatic heterocycles. The summed E-state index contributed by atoms with van der Waals surface area (Å²) in [5, 5.41) is 13.6. The summed E-state index contributed by atoms with van der Waals surface area (Å²) in [4.78, 5) is 38.0. The average molecular weight is 457 g/mol. The van der Waals surface area contributed by atoms with Gasteiger partial charge in [-0.2, -0.15) is 0 Å². The molecule has 0 radical (unpaired) electrons. The Bertz CT molecular complexity index is 1120. The molecule has 0 spiro atoms. The maximum Gasteiger partial charge on any atom is 0.254 e. The van der Waals surface area contributed by atoms with Gasteiger partial charge in [0.2, 0.25) is 11.8 Å². The Hall–Kier alpha value is -3.73. The number of carbonyl (C=O) groups excluding carboxylic acids is 3. The summed E-state index contributed by atoms with van der Waals surface area (Å²) in [6, 6.07) is 11.9. The third kappa shape index (κ3) is 6.38. The first-order valence-electron chi connectivity index (χ1n) is 9.49. The van der Waals surface area contributed by atoms with Crippen LogP contribution < -0.4 is 10.6 Å². The lowest BCUT2D eigenvalue weighted by Crippen LogP contribution is -2.34. The van der Waals surface area contributed by atoms with E-state index in [2.05, 4.69) is 20.8 Å². The van der Waals surface area contributed by atoms with E-state index in [-0.39, 0.29) is 24.1 Å². The molecule has 2 aromatic carbocycles. The number of hydrogen-bond acceptors (Lipinski definition) is 6. The van der Waals surface area contributed by atoms with Gasteiger partial charge in [-0.15, -0.1) is 10.2 Å². The number of carbonyl (C=O) groups is 3. The lowest BCUT2D eigenvalue weighted by molar-refractivity contribution is -0.116. The van der Waals surface area contributed by atoms with E-state index < -0.39 is 11.7 Å². The van der Waals surface area contributed by atoms with Crippen molar-refractivity contribution in [3.05, 3.63) is 66.2 Å². The predicted octanol–water partition coefficient (Wildman–Crippen LogP) is 2.40. The van der Waals surface area contributed by atoms with Crippen LogP contribution in [0.5, 0.6) is 0 Å². The fourth-order valence-corrected chi connectivity index (χ4v) is 3.39. The topological polar surface area (TPSA) is 109 Å². The molecule has 0 aliphatic carbocycles. The zero-order chi connectivity index (χ0) is 23.1. The van der Waals surface area contributed by atoms with Crippen LogP contribution in [0.15, 0.2) is 60.0 Å². The van der Waals surface area contributed by atoms with Gasteiger partial charge in [0.1, 0.15) is 12.1 Å². The molecule has 1 aromatic heterocycles. The van der Waals surface area contributed by atoms with E-state index in [1.54, 1.807) is 48.3 Å². The normalized spacial score (nSPS) is 10.5. The van der Waals surface area contributed by atoms with Crippen molar-refractivity contribution in [1.29, 1.82) is 0 Å². The molecule has 3 rings (SSSR count). The summed E-state index contributed by atoms with van der Waals surface area (Å²) in [5.74, 6) is -1.34. The standard InChI is InChI=1S/C21H21FN6O3S/c1-27(11-18(29)25-17-5-3-4-15(22)10-17)20(31)14-6-8-16(9-7-14)24-19(30)12-32-21-26-23-13-28(21)2/h3-10,13H,11-12H2,1-2H3,(H,24,30)(H,25,29). The van der Waals surface area contributed by atoms with Crippen molar-refractivity contribution < 1.29 is 18.8 Å². The number of rotatable bonds is 8. The molecule has 0 saturated heterocycles. The van der Waals surface area contributed by atoms with Crippen molar-refractivity contribution in [1.82, 2.24) is 19.7 Å². The number of nitrogens with one attached hydrogen (secondary N) is 2. The molecular formula is C21H21FN6O3S. The Morgan fingerprint density at radius 3 is 2.44 bits per heavy atom. The second-order valence-electron chi connectivity index (χ2n) is 6.86. The largest absolute Gasteiger partial charge is 0.332 e. The number of hydrogen-bond donors (Lipinski definition) is 2. The Morgan fingerprint density at radius 1 is 1.06 bits per heavy atom. The molecule has 0 aliphatic rings. The first kappa shape index (κ1) is 22.9. The molecule has 2 N–H and O–H groups in total. The Balaban J connectivity index is 1.49. The van der Waals surface area contributed by atoms with E-state index in [9.17, 15) is 18.8 Å². The van der Waals surface area contributed by atoms with Crippen molar-refractivity contribution in [2.24, 2.45) is 7.05 Å². The van der Waals surface area contributed by atoms with Crippen molar-refractivity contribution >= 4 is 40.9 Å². The van der Waals surface area contributed by atoms with Gasteiger partial charge in [-0.25, -0.2) is 4.39 Å². The van der Waals surface area contributed by atoms with E-state index in [1.165, 1.54) is 41.9 Å². The smallest absolute Gasteiger partial charge is 0.254 e. The van der Waals surface area contributed by atoms with E-state index in [0.29, 0.717) is 22.1 Å².